The van der Waals surface area contributed by atoms with E-state index in [1.54, 1.807) is 11.3 Å². The Morgan fingerprint density at radius 1 is 1.33 bits per heavy atom. The van der Waals surface area contributed by atoms with Gasteiger partial charge < -0.3 is 10.1 Å². The van der Waals surface area contributed by atoms with Gasteiger partial charge in [-0.15, -0.1) is 11.3 Å². The highest BCUT2D eigenvalue weighted by molar-refractivity contribution is 7.14. The summed E-state index contributed by atoms with van der Waals surface area (Å²) < 4.78 is 5.73. The molecule has 0 bridgehead atoms. The monoisotopic (exact) mass is 309 g/mol. The predicted molar refractivity (Wildman–Crippen MR) is 88.2 cm³/mol. The summed E-state index contributed by atoms with van der Waals surface area (Å²) in [6.07, 6.45) is 5.47. The molecule has 1 fully saturated rings. The van der Waals surface area contributed by atoms with E-state index in [0.29, 0.717) is 0 Å². The Balaban J connectivity index is 2.02. The number of hydrogen-bond acceptors (Lipinski definition) is 3. The minimum Gasteiger partial charge on any atom is -0.375 e. The summed E-state index contributed by atoms with van der Waals surface area (Å²) in [5, 5.41) is 3.19. The molecule has 1 aromatic rings. The first kappa shape index (κ1) is 16.5. The van der Waals surface area contributed by atoms with Gasteiger partial charge in [0.15, 0.2) is 0 Å². The number of amides is 1. The number of carbonyl (C=O) groups excluding carboxylic acids is 1. The lowest BCUT2D eigenvalue weighted by molar-refractivity contribution is -0.0407. The van der Waals surface area contributed by atoms with Crippen LogP contribution in [0.4, 0.5) is 0 Å². The van der Waals surface area contributed by atoms with Crippen LogP contribution in [-0.2, 0) is 17.6 Å². The fraction of sp³-hybridized carbons (Fsp3) is 0.706. The molecule has 2 unspecified atom stereocenters. The van der Waals surface area contributed by atoms with Crippen molar-refractivity contribution >= 4 is 17.2 Å². The van der Waals surface area contributed by atoms with Gasteiger partial charge in [0.2, 0.25) is 0 Å². The first-order valence-electron chi connectivity index (χ1n) is 8.11. The van der Waals surface area contributed by atoms with Gasteiger partial charge in [-0.05, 0) is 51.2 Å². The molecule has 1 aromatic heterocycles. The SMILES string of the molecule is CCCc1sc(C(=O)NC2CC(C)OC(C)C2)cc1CC. The maximum atomic E-state index is 12.5. The average molecular weight is 309 g/mol. The lowest BCUT2D eigenvalue weighted by Gasteiger charge is -2.32. The largest absolute Gasteiger partial charge is 0.375 e. The summed E-state index contributed by atoms with van der Waals surface area (Å²) in [5.41, 5.74) is 1.33. The quantitative estimate of drug-likeness (QED) is 0.894. The van der Waals surface area contributed by atoms with Crippen LogP contribution in [0, 0.1) is 0 Å². The van der Waals surface area contributed by atoms with E-state index in [1.165, 1.54) is 10.4 Å². The van der Waals surface area contributed by atoms with Gasteiger partial charge in [0.1, 0.15) is 0 Å². The summed E-state index contributed by atoms with van der Waals surface area (Å²) in [6.45, 7) is 8.50. The van der Waals surface area contributed by atoms with Crippen LogP contribution in [0.1, 0.15) is 67.1 Å². The number of carbonyl (C=O) groups is 1. The van der Waals surface area contributed by atoms with Crippen molar-refractivity contribution in [2.75, 3.05) is 0 Å². The van der Waals surface area contributed by atoms with Gasteiger partial charge >= 0.3 is 0 Å². The minimum atomic E-state index is 0.0864. The molecule has 2 rings (SSSR count). The molecular formula is C17H27NO2S. The molecule has 1 aliphatic heterocycles. The van der Waals surface area contributed by atoms with Gasteiger partial charge in [0.05, 0.1) is 17.1 Å². The molecule has 4 heteroatoms. The fourth-order valence-corrected chi connectivity index (χ4v) is 4.35. The Hall–Kier alpha value is -0.870. The third-order valence-electron chi connectivity index (χ3n) is 4.01. The normalized spacial score (nSPS) is 25.8. The zero-order chi connectivity index (χ0) is 15.4. The lowest BCUT2D eigenvalue weighted by atomic mass is 10.00. The summed E-state index contributed by atoms with van der Waals surface area (Å²) in [5.74, 6) is 0.0864. The zero-order valence-corrected chi connectivity index (χ0v) is 14.4. The van der Waals surface area contributed by atoms with Gasteiger partial charge in [0.25, 0.3) is 5.91 Å². The molecule has 0 aromatic carbocycles. The summed E-state index contributed by atoms with van der Waals surface area (Å²) in [4.78, 5) is 14.7. The highest BCUT2D eigenvalue weighted by Gasteiger charge is 2.26. The molecule has 0 aliphatic carbocycles. The Kier molecular flexibility index (Phi) is 5.82. The van der Waals surface area contributed by atoms with Crippen LogP contribution in [0.15, 0.2) is 6.07 Å². The maximum absolute atomic E-state index is 12.5. The lowest BCUT2D eigenvalue weighted by Crippen LogP contribution is -2.43. The number of hydrogen-bond donors (Lipinski definition) is 1. The first-order chi connectivity index (χ1) is 10.0. The van der Waals surface area contributed by atoms with E-state index in [1.807, 2.05) is 0 Å². The molecule has 0 saturated carbocycles. The van der Waals surface area contributed by atoms with Crippen LogP contribution in [0.25, 0.3) is 0 Å². The van der Waals surface area contributed by atoms with Crippen molar-refractivity contribution in [3.63, 3.8) is 0 Å². The van der Waals surface area contributed by atoms with Crippen LogP contribution in [0.3, 0.4) is 0 Å². The third kappa shape index (κ3) is 4.30. The van der Waals surface area contributed by atoms with E-state index in [4.69, 9.17) is 4.74 Å². The van der Waals surface area contributed by atoms with Crippen LogP contribution in [-0.4, -0.2) is 24.2 Å². The molecular weight excluding hydrogens is 282 g/mol. The van der Waals surface area contributed by atoms with E-state index in [-0.39, 0.29) is 24.2 Å². The number of thiophene rings is 1. The predicted octanol–water partition coefficient (Wildman–Crippen LogP) is 3.95. The molecule has 1 N–H and O–H groups in total. The first-order valence-corrected chi connectivity index (χ1v) is 8.93. The van der Waals surface area contributed by atoms with Crippen molar-refractivity contribution < 1.29 is 9.53 Å². The number of aryl methyl sites for hydroxylation is 2. The zero-order valence-electron chi connectivity index (χ0n) is 13.6. The molecule has 2 atom stereocenters. The molecule has 2 heterocycles. The molecule has 1 saturated heterocycles. The second kappa shape index (κ2) is 7.41. The van der Waals surface area contributed by atoms with Gasteiger partial charge in [-0.2, -0.15) is 0 Å². The second-order valence-electron chi connectivity index (χ2n) is 6.06. The van der Waals surface area contributed by atoms with Crippen molar-refractivity contribution in [3.8, 4) is 0 Å². The molecule has 3 nitrogen and oxygen atoms in total. The Morgan fingerprint density at radius 2 is 2.00 bits per heavy atom. The van der Waals surface area contributed by atoms with Crippen molar-refractivity contribution in [1.29, 1.82) is 0 Å². The summed E-state index contributed by atoms with van der Waals surface area (Å²) in [6, 6.07) is 2.31. The van der Waals surface area contributed by atoms with Crippen molar-refractivity contribution in [2.24, 2.45) is 0 Å². The van der Waals surface area contributed by atoms with Crippen LogP contribution in [0.5, 0.6) is 0 Å². The molecule has 0 radical (unpaired) electrons. The molecule has 0 spiro atoms. The van der Waals surface area contributed by atoms with E-state index in [2.05, 4.69) is 39.1 Å². The molecule has 21 heavy (non-hydrogen) atoms. The topological polar surface area (TPSA) is 38.3 Å². The standard InChI is InChI=1S/C17H27NO2S/c1-5-7-15-13(6-2)10-16(21-15)17(19)18-14-8-11(3)20-12(4)9-14/h10-12,14H,5-9H2,1-4H3,(H,18,19). The number of rotatable bonds is 5. The smallest absolute Gasteiger partial charge is 0.261 e. The molecule has 1 amide bonds. The van der Waals surface area contributed by atoms with E-state index < -0.39 is 0 Å². The fourth-order valence-electron chi connectivity index (χ4n) is 3.10. The summed E-state index contributed by atoms with van der Waals surface area (Å²) in [7, 11) is 0. The Morgan fingerprint density at radius 3 is 2.57 bits per heavy atom. The van der Waals surface area contributed by atoms with Gasteiger partial charge in [0, 0.05) is 10.9 Å². The number of ether oxygens (including phenoxy) is 1. The highest BCUT2D eigenvalue weighted by Crippen LogP contribution is 2.25. The second-order valence-corrected chi connectivity index (χ2v) is 7.20. The molecule has 118 valence electrons. The number of nitrogens with one attached hydrogen (secondary N) is 1. The van der Waals surface area contributed by atoms with Crippen LogP contribution >= 0.6 is 11.3 Å². The Labute approximate surface area is 132 Å². The van der Waals surface area contributed by atoms with E-state index in [9.17, 15) is 4.79 Å². The Bertz CT molecular complexity index is 473. The van der Waals surface area contributed by atoms with Gasteiger partial charge in [-0.25, -0.2) is 0 Å². The van der Waals surface area contributed by atoms with Crippen molar-refractivity contribution in [3.05, 3.63) is 21.4 Å². The maximum Gasteiger partial charge on any atom is 0.261 e. The van der Waals surface area contributed by atoms with Crippen molar-refractivity contribution in [1.82, 2.24) is 5.32 Å². The third-order valence-corrected chi connectivity index (χ3v) is 5.25. The van der Waals surface area contributed by atoms with Crippen LogP contribution < -0.4 is 5.32 Å². The van der Waals surface area contributed by atoms with Gasteiger partial charge in [-0.1, -0.05) is 20.3 Å². The minimum absolute atomic E-state index is 0.0864. The van der Waals surface area contributed by atoms with E-state index in [0.717, 1.165) is 37.0 Å². The molecule has 1 aliphatic rings. The van der Waals surface area contributed by atoms with Gasteiger partial charge in [-0.3, -0.25) is 4.79 Å². The highest BCUT2D eigenvalue weighted by atomic mass is 32.1. The summed E-state index contributed by atoms with van der Waals surface area (Å²) >= 11 is 1.66. The van der Waals surface area contributed by atoms with E-state index >= 15 is 0 Å². The van der Waals surface area contributed by atoms with Crippen molar-refractivity contribution in [2.45, 2.75) is 78.0 Å². The van der Waals surface area contributed by atoms with Crippen LogP contribution in [0.2, 0.25) is 0 Å². The average Bonchev–Trinajstić information content (AvgIpc) is 2.81.